The van der Waals surface area contributed by atoms with Crippen LogP contribution in [0.3, 0.4) is 0 Å². The van der Waals surface area contributed by atoms with Crippen molar-refractivity contribution in [2.45, 2.75) is 13.0 Å². The van der Waals surface area contributed by atoms with Gasteiger partial charge in [0, 0.05) is 6.54 Å². The molecule has 0 aliphatic carbocycles. The van der Waals surface area contributed by atoms with Crippen LogP contribution in [-0.4, -0.2) is 36.0 Å². The Labute approximate surface area is 70.6 Å². The van der Waals surface area contributed by atoms with E-state index in [-0.39, 0.29) is 17.9 Å². The van der Waals surface area contributed by atoms with Crippen molar-refractivity contribution in [3.63, 3.8) is 0 Å². The quantitative estimate of drug-likeness (QED) is 0.314. The third-order valence-corrected chi connectivity index (χ3v) is 1.61. The second kappa shape index (κ2) is 3.40. The van der Waals surface area contributed by atoms with Crippen LogP contribution in [0.15, 0.2) is 5.10 Å². The zero-order valence-electron chi connectivity index (χ0n) is 6.95. The lowest BCUT2D eigenvalue weighted by atomic mass is 10.2. The number of piperazine rings is 1. The fourth-order valence-electron chi connectivity index (χ4n) is 1.08. The van der Waals surface area contributed by atoms with Crippen LogP contribution in [0.2, 0.25) is 0 Å². The minimum atomic E-state index is -0.109. The Morgan fingerprint density at radius 1 is 1.75 bits per heavy atom. The number of carbonyl (C=O) groups is 1. The van der Waals surface area contributed by atoms with E-state index in [1.54, 1.807) is 0 Å². The number of carbonyl (C=O) groups excluding carboxylic acids is 1. The highest BCUT2D eigenvalue weighted by molar-refractivity contribution is 5.82. The number of rotatable bonds is 1. The normalized spacial score (nSPS) is 23.9. The lowest BCUT2D eigenvalue weighted by Gasteiger charge is -2.29. The van der Waals surface area contributed by atoms with Crippen LogP contribution in [0.25, 0.3) is 0 Å². The van der Waals surface area contributed by atoms with E-state index < -0.39 is 0 Å². The molecule has 1 heterocycles. The van der Waals surface area contributed by atoms with Crippen LogP contribution in [-0.2, 0) is 4.79 Å². The summed E-state index contributed by atoms with van der Waals surface area (Å²) in [5.74, 6) is -0.195. The molecule has 1 aliphatic rings. The average molecular weight is 171 g/mol. The van der Waals surface area contributed by atoms with Gasteiger partial charge in [0.15, 0.2) is 0 Å². The highest BCUT2D eigenvalue weighted by atomic mass is 16.2. The molecule has 1 fully saturated rings. The molecule has 6 heteroatoms. The van der Waals surface area contributed by atoms with Crippen LogP contribution in [0.4, 0.5) is 0 Å². The zero-order chi connectivity index (χ0) is 9.14. The molecule has 12 heavy (non-hydrogen) atoms. The summed E-state index contributed by atoms with van der Waals surface area (Å²) in [5.41, 5.74) is 10.3. The van der Waals surface area contributed by atoms with Crippen molar-refractivity contribution in [1.82, 2.24) is 10.3 Å². The van der Waals surface area contributed by atoms with Gasteiger partial charge in [-0.2, -0.15) is 0 Å². The van der Waals surface area contributed by atoms with Crippen LogP contribution in [0.1, 0.15) is 6.92 Å². The molecule has 1 amide bonds. The number of hydrazone groups is 1. The fourth-order valence-corrected chi connectivity index (χ4v) is 1.08. The topological polar surface area (TPSA) is 96.7 Å². The van der Waals surface area contributed by atoms with Gasteiger partial charge in [-0.15, -0.1) is 5.10 Å². The van der Waals surface area contributed by atoms with Crippen molar-refractivity contribution in [1.29, 1.82) is 0 Å². The maximum atomic E-state index is 11.2. The smallest absolute Gasteiger partial charge is 0.257 e. The summed E-state index contributed by atoms with van der Waals surface area (Å²) in [6, 6.07) is 0.00773. The van der Waals surface area contributed by atoms with Gasteiger partial charge >= 0.3 is 0 Å². The maximum Gasteiger partial charge on any atom is 0.257 e. The molecule has 0 aromatic heterocycles. The summed E-state index contributed by atoms with van der Waals surface area (Å²) < 4.78 is 0. The molecule has 0 aromatic rings. The minimum absolute atomic E-state index is 0.00773. The first-order valence-electron chi connectivity index (χ1n) is 3.73. The van der Waals surface area contributed by atoms with E-state index in [0.717, 1.165) is 0 Å². The molecule has 1 atom stereocenters. The summed E-state index contributed by atoms with van der Waals surface area (Å²) in [5, 5.41) is 7.97. The van der Waals surface area contributed by atoms with E-state index in [9.17, 15) is 4.79 Å². The predicted octanol–water partition coefficient (Wildman–Crippen LogP) is -2.00. The number of nitrogens with two attached hydrogens (primary N) is 2. The van der Waals surface area contributed by atoms with Gasteiger partial charge in [0.25, 0.3) is 5.91 Å². The SMILES string of the molecule is CC1CNCC(=O)N1N=C(N)N. The van der Waals surface area contributed by atoms with Gasteiger partial charge in [0.05, 0.1) is 12.6 Å². The zero-order valence-corrected chi connectivity index (χ0v) is 6.95. The van der Waals surface area contributed by atoms with Gasteiger partial charge < -0.3 is 16.8 Å². The van der Waals surface area contributed by atoms with Crippen LogP contribution >= 0.6 is 0 Å². The van der Waals surface area contributed by atoms with Crippen LogP contribution < -0.4 is 16.8 Å². The molecule has 0 aromatic carbocycles. The van der Waals surface area contributed by atoms with E-state index in [2.05, 4.69) is 10.4 Å². The highest BCUT2D eigenvalue weighted by Crippen LogP contribution is 2.03. The van der Waals surface area contributed by atoms with Crippen molar-refractivity contribution in [3.8, 4) is 0 Å². The Balaban J connectivity index is 2.70. The first-order valence-corrected chi connectivity index (χ1v) is 3.73. The van der Waals surface area contributed by atoms with Gasteiger partial charge in [-0.1, -0.05) is 0 Å². The molecule has 5 N–H and O–H groups in total. The maximum absolute atomic E-state index is 11.2. The Kier molecular flexibility index (Phi) is 2.49. The number of amides is 1. The number of nitrogens with zero attached hydrogens (tertiary/aromatic N) is 2. The van der Waals surface area contributed by atoms with Gasteiger partial charge in [-0.05, 0) is 6.92 Å². The van der Waals surface area contributed by atoms with Crippen molar-refractivity contribution in [2.24, 2.45) is 16.6 Å². The number of hydrogen-bond acceptors (Lipinski definition) is 3. The highest BCUT2D eigenvalue weighted by Gasteiger charge is 2.23. The monoisotopic (exact) mass is 171 g/mol. The van der Waals surface area contributed by atoms with E-state index in [1.165, 1.54) is 5.01 Å². The minimum Gasteiger partial charge on any atom is -0.369 e. The van der Waals surface area contributed by atoms with Crippen molar-refractivity contribution >= 4 is 11.9 Å². The van der Waals surface area contributed by atoms with Crippen molar-refractivity contribution in [2.75, 3.05) is 13.1 Å². The lowest BCUT2D eigenvalue weighted by molar-refractivity contribution is -0.134. The van der Waals surface area contributed by atoms with Gasteiger partial charge in [-0.3, -0.25) is 4.79 Å². The Morgan fingerprint density at radius 3 is 2.92 bits per heavy atom. The average Bonchev–Trinajstić information content (AvgIpc) is 1.97. The largest absolute Gasteiger partial charge is 0.369 e. The van der Waals surface area contributed by atoms with Gasteiger partial charge in [-0.25, -0.2) is 5.01 Å². The van der Waals surface area contributed by atoms with E-state index >= 15 is 0 Å². The van der Waals surface area contributed by atoms with Crippen molar-refractivity contribution in [3.05, 3.63) is 0 Å². The first kappa shape index (κ1) is 8.79. The molecule has 1 aliphatic heterocycles. The molecule has 0 radical (unpaired) electrons. The number of guanidine groups is 1. The molecule has 0 bridgehead atoms. The van der Waals surface area contributed by atoms with Crippen LogP contribution in [0, 0.1) is 0 Å². The Hall–Kier alpha value is -1.30. The summed E-state index contributed by atoms with van der Waals surface area (Å²) in [6.45, 7) is 2.88. The predicted molar refractivity (Wildman–Crippen MR) is 45.0 cm³/mol. The Bertz CT molecular complexity index is 210. The summed E-state index contributed by atoms with van der Waals surface area (Å²) in [4.78, 5) is 11.2. The third kappa shape index (κ3) is 1.85. The van der Waals surface area contributed by atoms with Crippen molar-refractivity contribution < 1.29 is 4.79 Å². The second-order valence-electron chi connectivity index (χ2n) is 2.74. The number of hydrogen-bond donors (Lipinski definition) is 3. The Morgan fingerprint density at radius 2 is 2.42 bits per heavy atom. The number of nitrogens with one attached hydrogen (secondary N) is 1. The molecule has 1 unspecified atom stereocenters. The molecule has 0 saturated carbocycles. The summed E-state index contributed by atoms with van der Waals surface area (Å²) in [6.07, 6.45) is 0. The lowest BCUT2D eigenvalue weighted by Crippen LogP contribution is -2.52. The van der Waals surface area contributed by atoms with E-state index in [4.69, 9.17) is 11.5 Å². The molecular formula is C6H13N5O. The molecule has 1 rings (SSSR count). The molecular weight excluding hydrogens is 158 g/mol. The molecule has 6 nitrogen and oxygen atoms in total. The third-order valence-electron chi connectivity index (χ3n) is 1.61. The second-order valence-corrected chi connectivity index (χ2v) is 2.74. The molecule has 0 spiro atoms. The molecule has 68 valence electrons. The standard InChI is InChI=1S/C6H13N5O/c1-4-2-9-3-5(12)11(4)10-6(7)8/h4,9H,2-3H2,1H3,(H4,7,8,10). The first-order chi connectivity index (χ1) is 5.61. The summed E-state index contributed by atoms with van der Waals surface area (Å²) in [7, 11) is 0. The van der Waals surface area contributed by atoms with E-state index in [1.807, 2.05) is 6.92 Å². The fraction of sp³-hybridized carbons (Fsp3) is 0.667. The molecule has 1 saturated heterocycles. The summed E-state index contributed by atoms with van der Waals surface area (Å²) >= 11 is 0. The van der Waals surface area contributed by atoms with Gasteiger partial charge in [0.2, 0.25) is 5.96 Å². The van der Waals surface area contributed by atoms with Gasteiger partial charge in [0.1, 0.15) is 0 Å². The van der Waals surface area contributed by atoms with Crippen LogP contribution in [0.5, 0.6) is 0 Å². The van der Waals surface area contributed by atoms with E-state index in [0.29, 0.717) is 13.1 Å².